The number of hydrogen-bond donors (Lipinski definition) is 2. The van der Waals surface area contributed by atoms with E-state index in [0.717, 1.165) is 15.2 Å². The van der Waals surface area contributed by atoms with Crippen LogP contribution >= 0.6 is 37.2 Å². The molecule has 12 nitrogen and oxygen atoms in total. The zero-order valence-electron chi connectivity index (χ0n) is 29.2. The molecule has 4 heterocycles. The van der Waals surface area contributed by atoms with E-state index in [2.05, 4.69) is 57.6 Å². The molecule has 0 spiro atoms. The normalized spacial score (nSPS) is 14.8. The fourth-order valence-corrected chi connectivity index (χ4v) is 5.78. The molecule has 1 atom stereocenters. The van der Waals surface area contributed by atoms with Gasteiger partial charge in [-0.3, -0.25) is 9.59 Å². The van der Waals surface area contributed by atoms with Crippen LogP contribution in [0, 0.1) is 34.9 Å². The van der Waals surface area contributed by atoms with Gasteiger partial charge in [0.1, 0.15) is 11.6 Å². The van der Waals surface area contributed by atoms with Crippen molar-refractivity contribution in [2.45, 2.75) is 63.8 Å². The second-order valence-corrected chi connectivity index (χ2v) is 12.5. The highest BCUT2D eigenvalue weighted by Crippen LogP contribution is 2.31. The smallest absolute Gasteiger partial charge is 0.402 e. The Morgan fingerprint density at radius 2 is 1.12 bits per heavy atom. The number of halogens is 14. The first kappa shape index (κ1) is 46.5. The maximum atomic E-state index is 13.7. The van der Waals surface area contributed by atoms with Crippen LogP contribution in [0.2, 0.25) is 0 Å². The predicted octanol–water partition coefficient (Wildman–Crippen LogP) is 6.18. The number of hydrogen-bond acceptors (Lipinski definition) is 8. The van der Waals surface area contributed by atoms with Crippen molar-refractivity contribution in [2.24, 2.45) is 11.5 Å². The molecule has 0 unspecified atom stereocenters. The zero-order valence-corrected chi connectivity index (χ0v) is 33.5. The molecule has 0 aliphatic carbocycles. The van der Waals surface area contributed by atoms with Crippen LogP contribution in [0.1, 0.15) is 42.3 Å². The van der Waals surface area contributed by atoms with E-state index in [9.17, 15) is 62.3 Å². The van der Waals surface area contributed by atoms with E-state index in [4.69, 9.17) is 11.5 Å². The van der Waals surface area contributed by atoms with Crippen molar-refractivity contribution in [1.29, 1.82) is 0 Å². The number of nitrogens with two attached hydrogens (primary N) is 2. The van der Waals surface area contributed by atoms with Crippen molar-refractivity contribution < 1.29 is 63.7 Å². The molecular weight excluding hydrogens is 1040 g/mol. The molecule has 58 heavy (non-hydrogen) atoms. The quantitative estimate of drug-likeness (QED) is 0.0965. The molecule has 26 heteroatoms. The predicted molar refractivity (Wildman–Crippen MR) is 196 cm³/mol. The Kier molecular flexibility index (Phi) is 15.4. The number of rotatable bonds is 7. The number of alkyl halides is 6. The first-order chi connectivity index (χ1) is 27.1. The maximum absolute atomic E-state index is 13.7. The van der Waals surface area contributed by atoms with Gasteiger partial charge in [-0.15, -0.1) is 20.4 Å². The van der Waals surface area contributed by atoms with E-state index < -0.39 is 76.8 Å². The summed E-state index contributed by atoms with van der Waals surface area (Å²) < 4.78 is 158. The third kappa shape index (κ3) is 11.5. The van der Waals surface area contributed by atoms with Gasteiger partial charge in [0, 0.05) is 108 Å². The van der Waals surface area contributed by atoms with Crippen LogP contribution in [0.3, 0.4) is 0 Å². The van der Waals surface area contributed by atoms with Crippen LogP contribution in [0.25, 0.3) is 0 Å². The van der Waals surface area contributed by atoms with Gasteiger partial charge >= 0.3 is 12.4 Å². The largest absolute Gasteiger partial charge is 0.451 e. The van der Waals surface area contributed by atoms with Gasteiger partial charge in [-0.05, 0) is 29.7 Å². The van der Waals surface area contributed by atoms with Gasteiger partial charge in [-0.25, -0.2) is 26.3 Å². The maximum Gasteiger partial charge on any atom is 0.451 e. The highest BCUT2D eigenvalue weighted by Gasteiger charge is 2.41. The summed E-state index contributed by atoms with van der Waals surface area (Å²) in [5.41, 5.74) is 10.9. The van der Waals surface area contributed by atoms with E-state index in [1.807, 2.05) is 0 Å². The van der Waals surface area contributed by atoms with E-state index in [1.165, 1.54) is 9.80 Å². The van der Waals surface area contributed by atoms with Crippen molar-refractivity contribution >= 4 is 49.0 Å². The molecule has 2 aliphatic rings. The van der Waals surface area contributed by atoms with Crippen LogP contribution < -0.4 is 11.5 Å². The SMILES string of the molecule is II.N/C(=C\C(=O)N1CCn2c(nnc2C(F)(F)F)C1)Cc1cc(F)c(F)cc1F.N[C@@H](CC(=O)N1CCn2c(nnc2C(F)(F)F)C1)Cc1cc(F)c(F)cc1F.[HH]. The van der Waals surface area contributed by atoms with Crippen molar-refractivity contribution in [1.82, 2.24) is 39.3 Å². The molecule has 2 aromatic carbocycles. The minimum Gasteiger partial charge on any atom is -0.402 e. The van der Waals surface area contributed by atoms with Gasteiger partial charge in [0.15, 0.2) is 34.9 Å². The molecule has 2 aromatic heterocycles. The molecular formula is C32H30F12I2N10O2. The molecule has 2 aliphatic heterocycles. The molecule has 4 aromatic rings. The van der Waals surface area contributed by atoms with Gasteiger partial charge in [-0.1, -0.05) is 0 Å². The van der Waals surface area contributed by atoms with Crippen molar-refractivity contribution in [3.05, 3.63) is 105 Å². The average Bonchev–Trinajstić information content (AvgIpc) is 3.78. The fourth-order valence-electron chi connectivity index (χ4n) is 5.78. The van der Waals surface area contributed by atoms with E-state index >= 15 is 0 Å². The second kappa shape index (κ2) is 19.2. The van der Waals surface area contributed by atoms with Gasteiger partial charge in [-0.2, -0.15) is 26.3 Å². The molecule has 0 bridgehead atoms. The number of amides is 2. The van der Waals surface area contributed by atoms with E-state index in [0.29, 0.717) is 24.3 Å². The van der Waals surface area contributed by atoms with Crippen molar-refractivity contribution in [3.8, 4) is 0 Å². The third-order valence-corrected chi connectivity index (χ3v) is 8.48. The average molecular weight is 1070 g/mol. The lowest BCUT2D eigenvalue weighted by Gasteiger charge is -2.29. The summed E-state index contributed by atoms with van der Waals surface area (Å²) in [6, 6.07) is 1.19. The number of nitrogens with zero attached hydrogens (tertiary/aromatic N) is 8. The lowest BCUT2D eigenvalue weighted by molar-refractivity contribution is -0.149. The number of benzene rings is 2. The van der Waals surface area contributed by atoms with Crippen LogP contribution in [-0.2, 0) is 61.0 Å². The van der Waals surface area contributed by atoms with E-state index in [-0.39, 0.29) is 88.4 Å². The van der Waals surface area contributed by atoms with Crippen molar-refractivity contribution in [3.63, 3.8) is 0 Å². The summed E-state index contributed by atoms with van der Waals surface area (Å²) in [6.07, 6.45) is -9.16. The molecule has 2 amide bonds. The zero-order chi connectivity index (χ0) is 43.3. The topological polar surface area (TPSA) is 154 Å². The Hall–Kier alpha value is -4.22. The molecule has 0 fully saturated rings. The van der Waals surface area contributed by atoms with E-state index in [1.54, 1.807) is 0 Å². The highest BCUT2D eigenvalue weighted by atomic mass is 128. The summed E-state index contributed by atoms with van der Waals surface area (Å²) in [5, 5.41) is 13.2. The summed E-state index contributed by atoms with van der Waals surface area (Å²) in [4.78, 5) is 27.1. The van der Waals surface area contributed by atoms with Crippen LogP contribution in [0.4, 0.5) is 52.7 Å². The van der Waals surface area contributed by atoms with Gasteiger partial charge in [0.05, 0.1) is 13.1 Å². The van der Waals surface area contributed by atoms with Gasteiger partial charge < -0.3 is 30.4 Å². The van der Waals surface area contributed by atoms with Crippen LogP contribution in [-0.4, -0.2) is 70.3 Å². The molecule has 0 saturated heterocycles. The monoisotopic (exact) mass is 1070 g/mol. The van der Waals surface area contributed by atoms with Crippen LogP contribution in [0.5, 0.6) is 0 Å². The minimum absolute atomic E-state index is 0. The number of carbonyl (C=O) groups is 2. The first-order valence-electron chi connectivity index (χ1n) is 16.3. The molecule has 0 radical (unpaired) electrons. The summed E-state index contributed by atoms with van der Waals surface area (Å²) >= 11 is 4.24. The van der Waals surface area contributed by atoms with Crippen molar-refractivity contribution in [2.75, 3.05) is 13.1 Å². The molecule has 318 valence electrons. The standard InChI is InChI=1S/C16H15F6N5O.C16H13F6N5O.I2.H2/c2*17-10-6-12(19)11(18)4-8(10)3-9(23)5-14(28)26-1-2-27-13(7-26)24-25-15(27)16(20,21)22;1-2;/h4,6,9H,1-3,5,7,23H2;4-6H,1-3,7,23H2;;1H/b;9-5-;;/t9-;;;/m1.../s1. The Labute approximate surface area is 344 Å². The summed E-state index contributed by atoms with van der Waals surface area (Å²) in [6.45, 7) is -0.723. The Bertz CT molecular complexity index is 2170. The Morgan fingerprint density at radius 3 is 1.62 bits per heavy atom. The number of allylic oxidation sites excluding steroid dienone is 1. The number of aromatic nitrogens is 6. The minimum atomic E-state index is -4.66. The third-order valence-electron chi connectivity index (χ3n) is 8.48. The van der Waals surface area contributed by atoms with Gasteiger partial charge in [0.25, 0.3) is 0 Å². The van der Waals surface area contributed by atoms with Crippen LogP contribution in [0.15, 0.2) is 36.0 Å². The fraction of sp³-hybridized carbons (Fsp3) is 0.375. The molecule has 0 saturated carbocycles. The second-order valence-electron chi connectivity index (χ2n) is 12.5. The Balaban J connectivity index is 0.000000298. The van der Waals surface area contributed by atoms with Gasteiger partial charge in [0.2, 0.25) is 23.5 Å². The summed E-state index contributed by atoms with van der Waals surface area (Å²) in [5.74, 6) is -10.6. The highest BCUT2D eigenvalue weighted by molar-refractivity contribution is 15.0. The lowest BCUT2D eigenvalue weighted by atomic mass is 10.0. The lowest BCUT2D eigenvalue weighted by Crippen LogP contribution is -2.42. The number of carbonyl (C=O) groups excluding carboxylic acids is 2. The number of fused-ring (bicyclic) bond motifs is 2. The molecule has 6 rings (SSSR count). The Morgan fingerprint density at radius 1 is 0.690 bits per heavy atom. The molecule has 4 N–H and O–H groups in total. The summed E-state index contributed by atoms with van der Waals surface area (Å²) in [7, 11) is 0. The first-order valence-corrected chi connectivity index (χ1v) is 22.6.